The smallest absolute Gasteiger partial charge is 0.102 e. The van der Waals surface area contributed by atoms with Crippen molar-refractivity contribution in [1.29, 1.82) is 5.26 Å². The number of unbranched alkanes of at least 4 members (excludes halogenated alkanes) is 1. The maximum absolute atomic E-state index is 9.08. The Morgan fingerprint density at radius 2 is 2.27 bits per heavy atom. The molecule has 0 heterocycles. The van der Waals surface area contributed by atoms with E-state index >= 15 is 0 Å². The Morgan fingerprint density at radius 3 is 2.87 bits per heavy atom. The van der Waals surface area contributed by atoms with Crippen LogP contribution < -0.4 is 5.32 Å². The lowest BCUT2D eigenvalue weighted by Gasteiger charge is -2.09. The van der Waals surface area contributed by atoms with Gasteiger partial charge in [0.2, 0.25) is 0 Å². The third-order valence-corrected chi connectivity index (χ3v) is 2.98. The van der Waals surface area contributed by atoms with Gasteiger partial charge in [0, 0.05) is 11.4 Å². The maximum Gasteiger partial charge on any atom is 0.102 e. The van der Waals surface area contributed by atoms with Crippen LogP contribution in [0.5, 0.6) is 0 Å². The Kier molecular flexibility index (Phi) is 5.06. The summed E-state index contributed by atoms with van der Waals surface area (Å²) in [6.07, 6.45) is 4.29. The van der Waals surface area contributed by atoms with Crippen molar-refractivity contribution in [2.45, 2.75) is 24.7 Å². The van der Waals surface area contributed by atoms with Gasteiger partial charge in [0.1, 0.15) is 6.07 Å². The number of nitrogens with one attached hydrogen (secondary N) is 1. The molecule has 0 aromatic heterocycles. The summed E-state index contributed by atoms with van der Waals surface area (Å²) in [5, 5.41) is 12.4. The van der Waals surface area contributed by atoms with Crippen molar-refractivity contribution in [1.82, 2.24) is 0 Å². The second kappa shape index (κ2) is 6.36. The molecule has 80 valence electrons. The van der Waals surface area contributed by atoms with Crippen molar-refractivity contribution < 1.29 is 0 Å². The third kappa shape index (κ3) is 3.17. The predicted octanol–water partition coefficient (Wildman–Crippen LogP) is 3.49. The van der Waals surface area contributed by atoms with Gasteiger partial charge in [-0.3, -0.25) is 0 Å². The summed E-state index contributed by atoms with van der Waals surface area (Å²) in [6.45, 7) is 3.09. The summed E-state index contributed by atoms with van der Waals surface area (Å²) >= 11 is 1.61. The molecule has 15 heavy (non-hydrogen) atoms. The molecule has 0 atom stereocenters. The number of thioether (sulfide) groups is 1. The Labute approximate surface area is 95.7 Å². The van der Waals surface area contributed by atoms with Crippen molar-refractivity contribution in [2.75, 3.05) is 18.1 Å². The molecule has 0 aliphatic rings. The molecular weight excluding hydrogens is 204 g/mol. The van der Waals surface area contributed by atoms with Crippen LogP contribution in [0.25, 0.3) is 0 Å². The highest BCUT2D eigenvalue weighted by molar-refractivity contribution is 7.98. The standard InChI is InChI=1S/C12H16N2S/c1-3-4-8-14-11-6-5-7-12(15-2)10(11)9-13/h5-7,14H,3-4,8H2,1-2H3. The van der Waals surface area contributed by atoms with E-state index in [1.807, 2.05) is 24.5 Å². The van der Waals surface area contributed by atoms with E-state index in [0.717, 1.165) is 35.5 Å². The average Bonchev–Trinajstić information content (AvgIpc) is 2.29. The molecule has 0 saturated carbocycles. The van der Waals surface area contributed by atoms with Crippen LogP contribution in [-0.2, 0) is 0 Å². The van der Waals surface area contributed by atoms with Gasteiger partial charge in [-0.15, -0.1) is 11.8 Å². The van der Waals surface area contributed by atoms with Crippen LogP contribution in [0.2, 0.25) is 0 Å². The summed E-state index contributed by atoms with van der Waals surface area (Å²) in [4.78, 5) is 1.04. The summed E-state index contributed by atoms with van der Waals surface area (Å²) < 4.78 is 0. The fraction of sp³-hybridized carbons (Fsp3) is 0.417. The molecule has 1 aromatic carbocycles. The van der Waals surface area contributed by atoms with Crippen molar-refractivity contribution in [2.24, 2.45) is 0 Å². The molecule has 1 N–H and O–H groups in total. The monoisotopic (exact) mass is 220 g/mol. The molecule has 0 radical (unpaired) electrons. The second-order valence-corrected chi connectivity index (χ2v) is 4.12. The van der Waals surface area contributed by atoms with Gasteiger partial charge in [-0.05, 0) is 24.8 Å². The summed E-state index contributed by atoms with van der Waals surface area (Å²) in [7, 11) is 0. The SMILES string of the molecule is CCCCNc1cccc(SC)c1C#N. The van der Waals surface area contributed by atoms with Gasteiger partial charge in [0.25, 0.3) is 0 Å². The fourth-order valence-corrected chi connectivity index (χ4v) is 1.94. The first-order valence-electron chi connectivity index (χ1n) is 5.14. The highest BCUT2D eigenvalue weighted by atomic mass is 32.2. The van der Waals surface area contributed by atoms with Crippen molar-refractivity contribution in [3.8, 4) is 6.07 Å². The van der Waals surface area contributed by atoms with E-state index in [0.29, 0.717) is 0 Å². The predicted molar refractivity (Wildman–Crippen MR) is 66.3 cm³/mol. The largest absolute Gasteiger partial charge is 0.384 e. The Hall–Kier alpha value is -1.14. The molecule has 0 aliphatic carbocycles. The lowest BCUT2D eigenvalue weighted by molar-refractivity contribution is 0.834. The maximum atomic E-state index is 9.08. The van der Waals surface area contributed by atoms with E-state index in [1.165, 1.54) is 0 Å². The summed E-state index contributed by atoms with van der Waals surface area (Å²) in [5.41, 5.74) is 1.72. The van der Waals surface area contributed by atoms with Crippen molar-refractivity contribution >= 4 is 17.4 Å². The number of anilines is 1. The number of nitriles is 1. The van der Waals surface area contributed by atoms with E-state index < -0.39 is 0 Å². The topological polar surface area (TPSA) is 35.8 Å². The van der Waals surface area contributed by atoms with Gasteiger partial charge in [0.05, 0.1) is 11.3 Å². The molecule has 0 unspecified atom stereocenters. The lowest BCUT2D eigenvalue weighted by Crippen LogP contribution is -2.03. The van der Waals surface area contributed by atoms with Gasteiger partial charge in [-0.25, -0.2) is 0 Å². The fourth-order valence-electron chi connectivity index (χ4n) is 1.36. The zero-order chi connectivity index (χ0) is 11.1. The van der Waals surface area contributed by atoms with Crippen LogP contribution in [0.3, 0.4) is 0 Å². The van der Waals surface area contributed by atoms with E-state index in [9.17, 15) is 0 Å². The number of nitrogens with zero attached hydrogens (tertiary/aromatic N) is 1. The Bertz CT molecular complexity index is 355. The molecular formula is C12H16N2S. The van der Waals surface area contributed by atoms with Crippen LogP contribution in [0.4, 0.5) is 5.69 Å². The van der Waals surface area contributed by atoms with Gasteiger partial charge >= 0.3 is 0 Å². The van der Waals surface area contributed by atoms with Crippen molar-refractivity contribution in [3.63, 3.8) is 0 Å². The highest BCUT2D eigenvalue weighted by Gasteiger charge is 2.05. The normalized spacial score (nSPS) is 9.67. The van der Waals surface area contributed by atoms with Crippen LogP contribution in [0.1, 0.15) is 25.3 Å². The molecule has 0 saturated heterocycles. The first-order valence-corrected chi connectivity index (χ1v) is 6.37. The molecule has 0 bridgehead atoms. The second-order valence-electron chi connectivity index (χ2n) is 3.27. The average molecular weight is 220 g/mol. The molecule has 0 aliphatic heterocycles. The van der Waals surface area contributed by atoms with E-state index in [4.69, 9.17) is 5.26 Å². The first kappa shape index (κ1) is 11.9. The minimum atomic E-state index is 0.765. The van der Waals surface area contributed by atoms with Gasteiger partial charge in [-0.2, -0.15) is 5.26 Å². The van der Waals surface area contributed by atoms with Gasteiger partial charge < -0.3 is 5.32 Å². The number of benzene rings is 1. The van der Waals surface area contributed by atoms with Crippen LogP contribution >= 0.6 is 11.8 Å². The Balaban J connectivity index is 2.83. The van der Waals surface area contributed by atoms with E-state index in [-0.39, 0.29) is 0 Å². The van der Waals surface area contributed by atoms with Crippen LogP contribution in [0, 0.1) is 11.3 Å². The quantitative estimate of drug-likeness (QED) is 0.609. The number of hydrogen-bond acceptors (Lipinski definition) is 3. The Morgan fingerprint density at radius 1 is 1.47 bits per heavy atom. The first-order chi connectivity index (χ1) is 7.33. The molecule has 1 aromatic rings. The minimum Gasteiger partial charge on any atom is -0.384 e. The number of hydrogen-bond donors (Lipinski definition) is 1. The van der Waals surface area contributed by atoms with E-state index in [1.54, 1.807) is 11.8 Å². The number of rotatable bonds is 5. The zero-order valence-electron chi connectivity index (χ0n) is 9.21. The third-order valence-electron chi connectivity index (χ3n) is 2.20. The molecule has 0 fully saturated rings. The molecule has 0 amide bonds. The highest BCUT2D eigenvalue weighted by Crippen LogP contribution is 2.26. The zero-order valence-corrected chi connectivity index (χ0v) is 10.0. The lowest BCUT2D eigenvalue weighted by atomic mass is 10.2. The summed E-state index contributed by atoms with van der Waals surface area (Å²) in [6, 6.07) is 8.19. The molecule has 1 rings (SSSR count). The molecule has 2 nitrogen and oxygen atoms in total. The van der Waals surface area contributed by atoms with Gasteiger partial charge in [0.15, 0.2) is 0 Å². The molecule has 3 heteroatoms. The van der Waals surface area contributed by atoms with E-state index in [2.05, 4.69) is 18.3 Å². The van der Waals surface area contributed by atoms with Crippen molar-refractivity contribution in [3.05, 3.63) is 23.8 Å². The van der Waals surface area contributed by atoms with Crippen LogP contribution in [-0.4, -0.2) is 12.8 Å². The minimum absolute atomic E-state index is 0.765. The molecule has 0 spiro atoms. The van der Waals surface area contributed by atoms with Gasteiger partial charge in [-0.1, -0.05) is 19.4 Å². The summed E-state index contributed by atoms with van der Waals surface area (Å²) in [5.74, 6) is 0. The van der Waals surface area contributed by atoms with Crippen LogP contribution in [0.15, 0.2) is 23.1 Å².